The van der Waals surface area contributed by atoms with E-state index >= 15 is 0 Å². The van der Waals surface area contributed by atoms with E-state index in [-0.39, 0.29) is 24.1 Å². The number of benzene rings is 1. The highest BCUT2D eigenvalue weighted by Crippen LogP contribution is 2.29. The summed E-state index contributed by atoms with van der Waals surface area (Å²) in [6, 6.07) is 5.35. The molecule has 144 valence electrons. The van der Waals surface area contributed by atoms with Crippen LogP contribution in [0.1, 0.15) is 47.2 Å². The average Bonchev–Trinajstić information content (AvgIpc) is 3.00. The zero-order valence-corrected chi connectivity index (χ0v) is 15.4. The summed E-state index contributed by atoms with van der Waals surface area (Å²) in [5, 5.41) is 9.26. The van der Waals surface area contributed by atoms with E-state index in [1.807, 2.05) is 18.2 Å². The molecule has 3 heterocycles. The molecule has 0 aromatic heterocycles. The number of fused-ring (bicyclic) bond motifs is 1. The summed E-state index contributed by atoms with van der Waals surface area (Å²) < 4.78 is 0. The Morgan fingerprint density at radius 1 is 1.19 bits per heavy atom. The Balaban J connectivity index is 1.43. The molecule has 2 fully saturated rings. The zero-order valence-electron chi connectivity index (χ0n) is 15.4. The molecule has 7 heteroatoms. The summed E-state index contributed by atoms with van der Waals surface area (Å²) in [6.07, 6.45) is 3.12. The number of carbonyl (C=O) groups excluding carboxylic acids is 3. The number of nitrogens with zero attached hydrogens (tertiary/aromatic N) is 1. The molecule has 3 aliphatic heterocycles. The molecule has 1 unspecified atom stereocenters. The van der Waals surface area contributed by atoms with E-state index in [4.69, 9.17) is 0 Å². The zero-order chi connectivity index (χ0) is 18.8. The van der Waals surface area contributed by atoms with Gasteiger partial charge in [0.05, 0.1) is 0 Å². The normalized spacial score (nSPS) is 25.5. The van der Waals surface area contributed by atoms with Gasteiger partial charge in [-0.15, -0.1) is 0 Å². The standard InChI is InChI=1S/C20H26N4O3/c25-17-7-6-16(19(26)23-17)24-12-15-5-1-4-14(18(15)20(24)27)11-22-10-13-3-2-8-21-9-13/h1,4-5,13,16,21-22H,2-3,6-12H2,(H,23,25,26)/t13-,16?/m0/s1. The van der Waals surface area contributed by atoms with Crippen molar-refractivity contribution in [2.75, 3.05) is 19.6 Å². The third-order valence-corrected chi connectivity index (χ3v) is 5.79. The van der Waals surface area contributed by atoms with Crippen LogP contribution < -0.4 is 16.0 Å². The third-order valence-electron chi connectivity index (χ3n) is 5.79. The monoisotopic (exact) mass is 370 g/mol. The van der Waals surface area contributed by atoms with E-state index in [0.717, 1.165) is 36.3 Å². The van der Waals surface area contributed by atoms with Crippen molar-refractivity contribution in [3.8, 4) is 0 Å². The first-order chi connectivity index (χ1) is 13.1. The molecule has 3 aliphatic rings. The first kappa shape index (κ1) is 18.1. The van der Waals surface area contributed by atoms with Gasteiger partial charge in [-0.25, -0.2) is 0 Å². The molecule has 3 N–H and O–H groups in total. The van der Waals surface area contributed by atoms with Crippen molar-refractivity contribution in [1.82, 2.24) is 20.9 Å². The molecule has 2 atom stereocenters. The molecular formula is C20H26N4O3. The number of hydrogen-bond acceptors (Lipinski definition) is 5. The first-order valence-corrected chi connectivity index (χ1v) is 9.80. The Bertz CT molecular complexity index is 758. The van der Waals surface area contributed by atoms with E-state index in [1.54, 1.807) is 4.90 Å². The van der Waals surface area contributed by atoms with Crippen molar-refractivity contribution in [3.63, 3.8) is 0 Å². The van der Waals surface area contributed by atoms with Crippen molar-refractivity contribution in [1.29, 1.82) is 0 Å². The maximum Gasteiger partial charge on any atom is 0.255 e. The van der Waals surface area contributed by atoms with Gasteiger partial charge in [-0.1, -0.05) is 18.2 Å². The highest BCUT2D eigenvalue weighted by Gasteiger charge is 2.39. The Morgan fingerprint density at radius 2 is 2.07 bits per heavy atom. The average molecular weight is 370 g/mol. The molecule has 27 heavy (non-hydrogen) atoms. The van der Waals surface area contributed by atoms with E-state index in [9.17, 15) is 14.4 Å². The van der Waals surface area contributed by atoms with Gasteiger partial charge in [-0.05, 0) is 55.9 Å². The second-order valence-electron chi connectivity index (χ2n) is 7.69. The minimum Gasteiger partial charge on any atom is -0.322 e. The van der Waals surface area contributed by atoms with Crippen LogP contribution in [-0.2, 0) is 22.7 Å². The van der Waals surface area contributed by atoms with Crippen molar-refractivity contribution in [2.24, 2.45) is 5.92 Å². The molecule has 0 radical (unpaired) electrons. The Kier molecular flexibility index (Phi) is 5.22. The van der Waals surface area contributed by atoms with Crippen molar-refractivity contribution in [3.05, 3.63) is 34.9 Å². The van der Waals surface area contributed by atoms with Crippen LogP contribution in [0, 0.1) is 5.92 Å². The van der Waals surface area contributed by atoms with E-state index < -0.39 is 6.04 Å². The molecule has 0 spiro atoms. The second-order valence-corrected chi connectivity index (χ2v) is 7.69. The number of amides is 3. The largest absolute Gasteiger partial charge is 0.322 e. The third kappa shape index (κ3) is 3.75. The molecule has 1 aromatic rings. The number of carbonyl (C=O) groups is 3. The van der Waals surface area contributed by atoms with Crippen LogP contribution in [0.3, 0.4) is 0 Å². The van der Waals surface area contributed by atoms with Crippen LogP contribution >= 0.6 is 0 Å². The lowest BCUT2D eigenvalue weighted by Crippen LogP contribution is -2.52. The fourth-order valence-corrected chi connectivity index (χ4v) is 4.35. The number of nitrogens with one attached hydrogen (secondary N) is 3. The molecule has 2 saturated heterocycles. The molecule has 1 aromatic carbocycles. The van der Waals surface area contributed by atoms with Crippen LogP contribution in [0.15, 0.2) is 18.2 Å². The van der Waals surface area contributed by atoms with Gasteiger partial charge in [0.25, 0.3) is 5.91 Å². The van der Waals surface area contributed by atoms with E-state index in [0.29, 0.717) is 25.4 Å². The minimum absolute atomic E-state index is 0.101. The van der Waals surface area contributed by atoms with Gasteiger partial charge in [0.2, 0.25) is 11.8 Å². The summed E-state index contributed by atoms with van der Waals surface area (Å²) in [4.78, 5) is 38.2. The molecular weight excluding hydrogens is 344 g/mol. The second kappa shape index (κ2) is 7.78. The maximum atomic E-state index is 13.0. The predicted octanol–water partition coefficient (Wildman–Crippen LogP) is 0.537. The lowest BCUT2D eigenvalue weighted by atomic mass is 9.99. The van der Waals surface area contributed by atoms with Gasteiger partial charge in [0, 0.05) is 25.1 Å². The van der Waals surface area contributed by atoms with Crippen LogP contribution in [0.25, 0.3) is 0 Å². The van der Waals surface area contributed by atoms with E-state index in [2.05, 4.69) is 16.0 Å². The summed E-state index contributed by atoms with van der Waals surface area (Å²) >= 11 is 0. The molecule has 0 aliphatic carbocycles. The van der Waals surface area contributed by atoms with E-state index in [1.165, 1.54) is 12.8 Å². The van der Waals surface area contributed by atoms with Crippen LogP contribution in [-0.4, -0.2) is 48.3 Å². The highest BCUT2D eigenvalue weighted by atomic mass is 16.2. The highest BCUT2D eigenvalue weighted by molar-refractivity contribution is 6.05. The molecule has 7 nitrogen and oxygen atoms in total. The van der Waals surface area contributed by atoms with Gasteiger partial charge >= 0.3 is 0 Å². The molecule has 0 bridgehead atoms. The fourth-order valence-electron chi connectivity index (χ4n) is 4.35. The quantitative estimate of drug-likeness (QED) is 0.658. The van der Waals surface area contributed by atoms with Gasteiger partial charge in [0.1, 0.15) is 6.04 Å². The fraction of sp³-hybridized carbons (Fsp3) is 0.550. The van der Waals surface area contributed by atoms with Gasteiger partial charge in [0.15, 0.2) is 0 Å². The maximum absolute atomic E-state index is 13.0. The Labute approximate surface area is 158 Å². The summed E-state index contributed by atoms with van der Waals surface area (Å²) in [6.45, 7) is 4.16. The van der Waals surface area contributed by atoms with Crippen LogP contribution in [0.4, 0.5) is 0 Å². The van der Waals surface area contributed by atoms with Crippen molar-refractivity contribution >= 4 is 17.7 Å². The first-order valence-electron chi connectivity index (χ1n) is 9.80. The van der Waals surface area contributed by atoms with Crippen molar-refractivity contribution in [2.45, 2.75) is 44.8 Å². The summed E-state index contributed by atoms with van der Waals surface area (Å²) in [7, 11) is 0. The van der Waals surface area contributed by atoms with Gasteiger partial charge in [-0.2, -0.15) is 0 Å². The van der Waals surface area contributed by atoms with Gasteiger partial charge in [-0.3, -0.25) is 19.7 Å². The SMILES string of the molecule is O=C1CCC(N2Cc3cccc(CNC[C@H]4CCCNC4)c3C2=O)C(=O)N1. The number of piperidine rings is 2. The topological polar surface area (TPSA) is 90.5 Å². The Hall–Kier alpha value is -2.25. The smallest absolute Gasteiger partial charge is 0.255 e. The summed E-state index contributed by atoms with van der Waals surface area (Å²) in [5.74, 6) is -0.0956. The summed E-state index contributed by atoms with van der Waals surface area (Å²) in [5.41, 5.74) is 2.66. The Morgan fingerprint density at radius 3 is 2.85 bits per heavy atom. The molecule has 0 saturated carbocycles. The lowest BCUT2D eigenvalue weighted by Gasteiger charge is -2.29. The van der Waals surface area contributed by atoms with Crippen LogP contribution in [0.5, 0.6) is 0 Å². The predicted molar refractivity (Wildman–Crippen MR) is 99.8 cm³/mol. The lowest BCUT2D eigenvalue weighted by molar-refractivity contribution is -0.136. The van der Waals surface area contributed by atoms with Crippen molar-refractivity contribution < 1.29 is 14.4 Å². The number of hydrogen-bond donors (Lipinski definition) is 3. The van der Waals surface area contributed by atoms with Crippen LogP contribution in [0.2, 0.25) is 0 Å². The molecule has 4 rings (SSSR count). The van der Waals surface area contributed by atoms with Gasteiger partial charge < -0.3 is 15.5 Å². The number of rotatable bonds is 5. The number of imide groups is 1. The molecule has 3 amide bonds. The minimum atomic E-state index is -0.559.